The summed E-state index contributed by atoms with van der Waals surface area (Å²) >= 11 is 8.14. The van der Waals surface area contributed by atoms with E-state index < -0.39 is 0 Å². The molecule has 0 unspecified atom stereocenters. The number of hydrogen-bond donors (Lipinski definition) is 1. The molecular weight excluding hydrogens is 266 g/mol. The van der Waals surface area contributed by atoms with E-state index >= 15 is 0 Å². The molecule has 102 valence electrons. The Morgan fingerprint density at radius 3 is 2.78 bits per heavy atom. The average molecular weight is 288 g/mol. The SMILES string of the molecule is CCSCCCNc1ccc(OC(C)C)c(Cl)c1. The van der Waals surface area contributed by atoms with Gasteiger partial charge in [-0.25, -0.2) is 0 Å². The summed E-state index contributed by atoms with van der Waals surface area (Å²) < 4.78 is 5.59. The highest BCUT2D eigenvalue weighted by molar-refractivity contribution is 7.99. The Kier molecular flexibility index (Phi) is 7.36. The zero-order valence-electron chi connectivity index (χ0n) is 11.3. The van der Waals surface area contributed by atoms with Gasteiger partial charge in [0.2, 0.25) is 0 Å². The minimum Gasteiger partial charge on any atom is -0.489 e. The summed E-state index contributed by atoms with van der Waals surface area (Å²) in [5.74, 6) is 3.14. The summed E-state index contributed by atoms with van der Waals surface area (Å²) in [5, 5.41) is 4.04. The standard InChI is InChI=1S/C14H22ClNOS/c1-4-18-9-5-8-16-12-6-7-14(13(15)10-12)17-11(2)3/h6-7,10-11,16H,4-5,8-9H2,1-3H3. The normalized spacial score (nSPS) is 10.7. The van der Waals surface area contributed by atoms with Crippen LogP contribution in [0.4, 0.5) is 5.69 Å². The molecular formula is C14H22ClNOS. The fourth-order valence-electron chi connectivity index (χ4n) is 1.51. The van der Waals surface area contributed by atoms with E-state index in [1.165, 1.54) is 17.9 Å². The van der Waals surface area contributed by atoms with Crippen LogP contribution in [0.5, 0.6) is 5.75 Å². The molecule has 0 spiro atoms. The van der Waals surface area contributed by atoms with Crippen molar-refractivity contribution >= 4 is 29.1 Å². The molecule has 0 aliphatic rings. The molecule has 0 bridgehead atoms. The Balaban J connectivity index is 2.41. The van der Waals surface area contributed by atoms with Crippen LogP contribution >= 0.6 is 23.4 Å². The van der Waals surface area contributed by atoms with Gasteiger partial charge in [-0.05, 0) is 50.0 Å². The highest BCUT2D eigenvalue weighted by atomic mass is 35.5. The van der Waals surface area contributed by atoms with Gasteiger partial charge in [-0.3, -0.25) is 0 Å². The lowest BCUT2D eigenvalue weighted by atomic mass is 10.3. The minimum absolute atomic E-state index is 0.146. The van der Waals surface area contributed by atoms with Crippen molar-refractivity contribution in [2.24, 2.45) is 0 Å². The molecule has 2 nitrogen and oxygen atoms in total. The van der Waals surface area contributed by atoms with Crippen LogP contribution in [-0.4, -0.2) is 24.2 Å². The number of nitrogens with one attached hydrogen (secondary N) is 1. The van der Waals surface area contributed by atoms with E-state index in [4.69, 9.17) is 16.3 Å². The summed E-state index contributed by atoms with van der Waals surface area (Å²) in [4.78, 5) is 0. The lowest BCUT2D eigenvalue weighted by Gasteiger charge is -2.13. The van der Waals surface area contributed by atoms with Crippen LogP contribution in [0.2, 0.25) is 5.02 Å². The van der Waals surface area contributed by atoms with Crippen LogP contribution in [0.15, 0.2) is 18.2 Å². The van der Waals surface area contributed by atoms with E-state index in [0.717, 1.165) is 18.0 Å². The maximum Gasteiger partial charge on any atom is 0.138 e. The quantitative estimate of drug-likeness (QED) is 0.701. The zero-order valence-corrected chi connectivity index (χ0v) is 12.9. The third kappa shape index (κ3) is 5.87. The first kappa shape index (κ1) is 15.5. The van der Waals surface area contributed by atoms with Crippen molar-refractivity contribution in [2.45, 2.75) is 33.3 Å². The molecule has 0 atom stereocenters. The van der Waals surface area contributed by atoms with Crippen molar-refractivity contribution in [3.05, 3.63) is 23.2 Å². The fraction of sp³-hybridized carbons (Fsp3) is 0.571. The number of thioether (sulfide) groups is 1. The second kappa shape index (κ2) is 8.54. The van der Waals surface area contributed by atoms with Gasteiger partial charge in [0.1, 0.15) is 5.75 Å². The van der Waals surface area contributed by atoms with Crippen molar-refractivity contribution in [1.29, 1.82) is 0 Å². The summed E-state index contributed by atoms with van der Waals surface area (Å²) in [7, 11) is 0. The van der Waals surface area contributed by atoms with Gasteiger partial charge in [-0.15, -0.1) is 0 Å². The first-order valence-electron chi connectivity index (χ1n) is 6.41. The molecule has 1 N–H and O–H groups in total. The smallest absolute Gasteiger partial charge is 0.138 e. The number of halogens is 1. The third-order valence-corrected chi connectivity index (χ3v) is 3.57. The van der Waals surface area contributed by atoms with Crippen LogP contribution in [0.1, 0.15) is 27.2 Å². The summed E-state index contributed by atoms with van der Waals surface area (Å²) in [6.45, 7) is 7.15. The summed E-state index contributed by atoms with van der Waals surface area (Å²) in [6.07, 6.45) is 1.31. The van der Waals surface area contributed by atoms with Crippen molar-refractivity contribution in [2.75, 3.05) is 23.4 Å². The first-order valence-corrected chi connectivity index (χ1v) is 7.94. The van der Waals surface area contributed by atoms with E-state index in [2.05, 4.69) is 12.2 Å². The predicted octanol–water partition coefficient (Wildman–Crippen LogP) is 4.68. The van der Waals surface area contributed by atoms with E-state index in [9.17, 15) is 0 Å². The van der Waals surface area contributed by atoms with Crippen LogP contribution in [0, 0.1) is 0 Å². The Bertz CT molecular complexity index is 358. The molecule has 0 aliphatic carbocycles. The molecule has 1 rings (SSSR count). The second-order valence-electron chi connectivity index (χ2n) is 4.29. The van der Waals surface area contributed by atoms with Crippen molar-refractivity contribution < 1.29 is 4.74 Å². The number of hydrogen-bond acceptors (Lipinski definition) is 3. The first-order chi connectivity index (χ1) is 8.63. The van der Waals surface area contributed by atoms with Crippen LogP contribution in [-0.2, 0) is 0 Å². The maximum absolute atomic E-state index is 6.17. The Morgan fingerprint density at radius 1 is 1.39 bits per heavy atom. The van der Waals surface area contributed by atoms with E-state index in [1.54, 1.807) is 0 Å². The molecule has 0 radical (unpaired) electrons. The number of ether oxygens (including phenoxy) is 1. The van der Waals surface area contributed by atoms with Gasteiger partial charge in [0, 0.05) is 12.2 Å². The Hall–Kier alpha value is -0.540. The topological polar surface area (TPSA) is 21.3 Å². The van der Waals surface area contributed by atoms with Crippen LogP contribution in [0.25, 0.3) is 0 Å². The van der Waals surface area contributed by atoms with Gasteiger partial charge in [0.15, 0.2) is 0 Å². The Morgan fingerprint density at radius 2 is 2.17 bits per heavy atom. The molecule has 0 aromatic heterocycles. The predicted molar refractivity (Wildman–Crippen MR) is 83.3 cm³/mol. The van der Waals surface area contributed by atoms with Gasteiger partial charge in [-0.2, -0.15) is 11.8 Å². The van der Waals surface area contributed by atoms with Gasteiger partial charge < -0.3 is 10.1 Å². The molecule has 18 heavy (non-hydrogen) atoms. The minimum atomic E-state index is 0.146. The number of rotatable bonds is 8. The van der Waals surface area contributed by atoms with Gasteiger partial charge in [0.05, 0.1) is 11.1 Å². The largest absolute Gasteiger partial charge is 0.489 e. The molecule has 0 fully saturated rings. The number of anilines is 1. The Labute approximate surface area is 119 Å². The molecule has 0 saturated carbocycles. The van der Waals surface area contributed by atoms with Crippen molar-refractivity contribution in [3.63, 3.8) is 0 Å². The molecule has 1 aromatic rings. The zero-order chi connectivity index (χ0) is 13.4. The lowest BCUT2D eigenvalue weighted by molar-refractivity contribution is 0.242. The van der Waals surface area contributed by atoms with E-state index in [-0.39, 0.29) is 6.10 Å². The van der Waals surface area contributed by atoms with Gasteiger partial charge >= 0.3 is 0 Å². The fourth-order valence-corrected chi connectivity index (χ4v) is 2.37. The van der Waals surface area contributed by atoms with Gasteiger partial charge in [-0.1, -0.05) is 18.5 Å². The molecule has 4 heteroatoms. The van der Waals surface area contributed by atoms with Crippen LogP contribution in [0.3, 0.4) is 0 Å². The lowest BCUT2D eigenvalue weighted by Crippen LogP contribution is -2.06. The molecule has 0 amide bonds. The summed E-state index contributed by atoms with van der Waals surface area (Å²) in [6, 6.07) is 5.86. The monoisotopic (exact) mass is 287 g/mol. The molecule has 0 aliphatic heterocycles. The van der Waals surface area contributed by atoms with Crippen LogP contribution < -0.4 is 10.1 Å². The maximum atomic E-state index is 6.17. The molecule has 0 saturated heterocycles. The average Bonchev–Trinajstić information content (AvgIpc) is 2.32. The highest BCUT2D eigenvalue weighted by Crippen LogP contribution is 2.28. The van der Waals surface area contributed by atoms with Crippen molar-refractivity contribution in [1.82, 2.24) is 0 Å². The molecule has 0 heterocycles. The number of benzene rings is 1. The van der Waals surface area contributed by atoms with Crippen molar-refractivity contribution in [3.8, 4) is 5.75 Å². The molecule has 1 aromatic carbocycles. The van der Waals surface area contributed by atoms with E-state index in [1.807, 2.05) is 43.8 Å². The summed E-state index contributed by atoms with van der Waals surface area (Å²) in [5.41, 5.74) is 1.05. The highest BCUT2D eigenvalue weighted by Gasteiger charge is 2.04. The third-order valence-electron chi connectivity index (χ3n) is 2.29. The van der Waals surface area contributed by atoms with E-state index in [0.29, 0.717) is 5.02 Å². The van der Waals surface area contributed by atoms with Gasteiger partial charge in [0.25, 0.3) is 0 Å². The second-order valence-corrected chi connectivity index (χ2v) is 6.09.